The summed E-state index contributed by atoms with van der Waals surface area (Å²) in [5, 5.41) is 0.701. The number of carbonyl (C=O) groups is 1. The van der Waals surface area contributed by atoms with Gasteiger partial charge in [-0.15, -0.1) is 0 Å². The van der Waals surface area contributed by atoms with Crippen molar-refractivity contribution in [3.05, 3.63) is 53.5 Å². The van der Waals surface area contributed by atoms with Gasteiger partial charge in [0.1, 0.15) is 29.4 Å². The Balaban J connectivity index is 1.58. The van der Waals surface area contributed by atoms with Crippen LogP contribution in [0.1, 0.15) is 12.8 Å². The Morgan fingerprint density at radius 1 is 0.968 bits per heavy atom. The molecular formula is C22H18BrN7O. The second-order valence-corrected chi connectivity index (χ2v) is 8.22. The number of carbonyl (C=O) groups excluding carboxylic acids is 1. The van der Waals surface area contributed by atoms with Gasteiger partial charge in [-0.1, -0.05) is 28.1 Å². The van der Waals surface area contributed by atoms with Gasteiger partial charge in [0.2, 0.25) is 0 Å². The van der Waals surface area contributed by atoms with Crippen LogP contribution in [0.25, 0.3) is 33.5 Å². The molecule has 4 aromatic rings. The number of nitrogens with two attached hydrogens (primary N) is 1. The number of hydrogen-bond acceptors (Lipinski definition) is 8. The smallest absolute Gasteiger partial charge is 0.165 e. The third-order valence-electron chi connectivity index (χ3n) is 5.31. The first-order valence-corrected chi connectivity index (χ1v) is 10.6. The van der Waals surface area contributed by atoms with E-state index >= 15 is 0 Å². The van der Waals surface area contributed by atoms with Crippen LogP contribution in [0, 0.1) is 0 Å². The van der Waals surface area contributed by atoms with E-state index in [-0.39, 0.29) is 0 Å². The fourth-order valence-electron chi connectivity index (χ4n) is 3.70. The normalized spacial score (nSPS) is 14.2. The Morgan fingerprint density at radius 3 is 2.55 bits per heavy atom. The van der Waals surface area contributed by atoms with Crippen molar-refractivity contribution >= 4 is 44.4 Å². The Morgan fingerprint density at radius 2 is 1.81 bits per heavy atom. The first-order chi connectivity index (χ1) is 15.1. The van der Waals surface area contributed by atoms with Crippen LogP contribution in [-0.2, 0) is 4.79 Å². The zero-order valence-electron chi connectivity index (χ0n) is 16.5. The van der Waals surface area contributed by atoms with Gasteiger partial charge in [0.15, 0.2) is 5.65 Å². The van der Waals surface area contributed by atoms with Crippen molar-refractivity contribution in [3.63, 3.8) is 0 Å². The lowest BCUT2D eigenvalue weighted by atomic mass is 10.0. The van der Waals surface area contributed by atoms with Crippen molar-refractivity contribution in [2.24, 2.45) is 0 Å². The Bertz CT molecular complexity index is 1280. The number of nitrogens with zero attached hydrogens (tertiary/aromatic N) is 6. The van der Waals surface area contributed by atoms with E-state index in [1.165, 1.54) is 6.33 Å². The van der Waals surface area contributed by atoms with E-state index in [0.29, 0.717) is 60.0 Å². The predicted molar refractivity (Wildman–Crippen MR) is 122 cm³/mol. The molecule has 0 unspecified atom stereocenters. The average molecular weight is 476 g/mol. The number of rotatable bonds is 3. The molecule has 0 radical (unpaired) electrons. The third-order valence-corrected chi connectivity index (χ3v) is 5.81. The number of pyridine rings is 1. The number of hydrogen-bond donors (Lipinski definition) is 1. The summed E-state index contributed by atoms with van der Waals surface area (Å²) in [6.07, 6.45) is 5.93. The molecular weight excluding hydrogens is 458 g/mol. The Labute approximate surface area is 186 Å². The topological polar surface area (TPSA) is 111 Å². The number of piperidine rings is 1. The van der Waals surface area contributed by atoms with Crippen LogP contribution in [0.15, 0.2) is 53.5 Å². The molecule has 0 atom stereocenters. The van der Waals surface area contributed by atoms with Gasteiger partial charge < -0.3 is 10.6 Å². The van der Waals surface area contributed by atoms with Crippen molar-refractivity contribution in [2.75, 3.05) is 23.7 Å². The summed E-state index contributed by atoms with van der Waals surface area (Å²) in [4.78, 5) is 35.9. The maximum atomic E-state index is 11.5. The molecule has 2 N–H and O–H groups in total. The molecule has 1 aliphatic rings. The maximum absolute atomic E-state index is 11.5. The second kappa shape index (κ2) is 7.99. The molecule has 0 aliphatic carbocycles. The molecule has 0 amide bonds. The number of aromatic nitrogens is 5. The summed E-state index contributed by atoms with van der Waals surface area (Å²) in [6, 6.07) is 9.88. The van der Waals surface area contributed by atoms with Crippen LogP contribution in [0.2, 0.25) is 0 Å². The lowest BCUT2D eigenvalue weighted by Gasteiger charge is -2.26. The second-order valence-electron chi connectivity index (χ2n) is 7.31. The minimum absolute atomic E-state index is 0.294. The van der Waals surface area contributed by atoms with E-state index in [1.54, 1.807) is 12.4 Å². The minimum atomic E-state index is 0.294. The first kappa shape index (κ1) is 19.5. The van der Waals surface area contributed by atoms with Gasteiger partial charge >= 0.3 is 0 Å². The number of Topliss-reactive ketones (excluding diaryl/α,β-unsaturated/α-hetero) is 1. The van der Waals surface area contributed by atoms with E-state index in [0.717, 1.165) is 21.4 Å². The van der Waals surface area contributed by atoms with Gasteiger partial charge in [-0.05, 0) is 29.3 Å². The van der Waals surface area contributed by atoms with E-state index in [9.17, 15) is 4.79 Å². The molecule has 0 spiro atoms. The zero-order chi connectivity index (χ0) is 21.4. The largest absolute Gasteiger partial charge is 0.383 e. The number of nitrogen functional groups attached to an aromatic ring is 1. The summed E-state index contributed by atoms with van der Waals surface area (Å²) in [5.41, 5.74) is 9.79. The molecule has 3 aromatic heterocycles. The van der Waals surface area contributed by atoms with Crippen molar-refractivity contribution in [2.45, 2.75) is 12.8 Å². The molecule has 0 bridgehead atoms. The quantitative estimate of drug-likeness (QED) is 0.477. The van der Waals surface area contributed by atoms with E-state index in [1.807, 2.05) is 30.3 Å². The molecule has 4 heterocycles. The van der Waals surface area contributed by atoms with E-state index in [2.05, 4.69) is 45.7 Å². The molecule has 8 nitrogen and oxygen atoms in total. The Kier molecular flexibility index (Phi) is 5.03. The molecule has 1 aromatic carbocycles. The first-order valence-electron chi connectivity index (χ1n) is 9.85. The number of benzene rings is 1. The molecule has 0 saturated carbocycles. The highest BCUT2D eigenvalue weighted by Crippen LogP contribution is 2.34. The van der Waals surface area contributed by atoms with Crippen molar-refractivity contribution in [3.8, 4) is 22.5 Å². The van der Waals surface area contributed by atoms with Crippen LogP contribution < -0.4 is 10.6 Å². The van der Waals surface area contributed by atoms with Gasteiger partial charge in [0.25, 0.3) is 0 Å². The number of halogens is 1. The molecule has 1 fully saturated rings. The summed E-state index contributed by atoms with van der Waals surface area (Å²) < 4.78 is 0.955. The number of fused-ring (bicyclic) bond motifs is 1. The molecule has 1 aliphatic heterocycles. The van der Waals surface area contributed by atoms with Gasteiger partial charge in [-0.2, -0.15) is 0 Å². The van der Waals surface area contributed by atoms with Crippen molar-refractivity contribution in [1.29, 1.82) is 0 Å². The zero-order valence-corrected chi connectivity index (χ0v) is 18.1. The van der Waals surface area contributed by atoms with Crippen LogP contribution in [-0.4, -0.2) is 43.8 Å². The average Bonchev–Trinajstić information content (AvgIpc) is 2.79. The summed E-state index contributed by atoms with van der Waals surface area (Å²) >= 11 is 3.53. The molecule has 31 heavy (non-hydrogen) atoms. The molecule has 9 heteroatoms. The predicted octanol–water partition coefficient (Wildman–Crippen LogP) is 3.66. The SMILES string of the molecule is Nc1ncnc2nc(-c3cnc(N4CCC(=O)CC4)cn3)cc(-c3cccc(Br)c3)c12. The van der Waals surface area contributed by atoms with Gasteiger partial charge in [0.05, 0.1) is 23.5 Å². The number of ketones is 1. The monoisotopic (exact) mass is 475 g/mol. The standard InChI is InChI=1S/C22H18BrN7O/c23-14-3-1-2-13(8-14)16-9-17(29-22-20(16)21(24)27-12-28-22)18-10-26-19(11-25-18)30-6-4-15(31)5-7-30/h1-3,8-12H,4-7H2,(H2,24,27,28,29). The van der Waals surface area contributed by atoms with Crippen LogP contribution in [0.4, 0.5) is 11.6 Å². The maximum Gasteiger partial charge on any atom is 0.165 e. The van der Waals surface area contributed by atoms with Gasteiger partial charge in [0, 0.05) is 30.4 Å². The molecule has 154 valence electrons. The summed E-state index contributed by atoms with van der Waals surface area (Å²) in [5.74, 6) is 1.43. The van der Waals surface area contributed by atoms with Gasteiger partial charge in [-0.3, -0.25) is 4.79 Å². The van der Waals surface area contributed by atoms with E-state index < -0.39 is 0 Å². The number of anilines is 2. The van der Waals surface area contributed by atoms with Gasteiger partial charge in [-0.25, -0.2) is 24.9 Å². The third kappa shape index (κ3) is 3.84. The highest BCUT2D eigenvalue weighted by Gasteiger charge is 2.19. The minimum Gasteiger partial charge on any atom is -0.383 e. The van der Waals surface area contributed by atoms with Crippen LogP contribution in [0.3, 0.4) is 0 Å². The lowest BCUT2D eigenvalue weighted by molar-refractivity contribution is -0.119. The van der Waals surface area contributed by atoms with Crippen molar-refractivity contribution in [1.82, 2.24) is 24.9 Å². The van der Waals surface area contributed by atoms with E-state index in [4.69, 9.17) is 5.73 Å². The molecule has 1 saturated heterocycles. The molecule has 5 rings (SSSR count). The highest BCUT2D eigenvalue weighted by atomic mass is 79.9. The van der Waals surface area contributed by atoms with Crippen LogP contribution >= 0.6 is 15.9 Å². The summed E-state index contributed by atoms with van der Waals surface area (Å²) in [6.45, 7) is 1.34. The van der Waals surface area contributed by atoms with Crippen molar-refractivity contribution < 1.29 is 4.79 Å². The fraction of sp³-hybridized carbons (Fsp3) is 0.182. The Hall–Kier alpha value is -3.46. The lowest BCUT2D eigenvalue weighted by Crippen LogP contribution is -2.34. The fourth-order valence-corrected chi connectivity index (χ4v) is 4.10. The highest BCUT2D eigenvalue weighted by molar-refractivity contribution is 9.10. The summed E-state index contributed by atoms with van der Waals surface area (Å²) in [7, 11) is 0. The van der Waals surface area contributed by atoms with Crippen LogP contribution in [0.5, 0.6) is 0 Å².